The molecule has 19 heavy (non-hydrogen) atoms. The van der Waals surface area contributed by atoms with Gasteiger partial charge in [-0.15, -0.1) is 10.2 Å². The van der Waals surface area contributed by atoms with Gasteiger partial charge < -0.3 is 9.73 Å². The van der Waals surface area contributed by atoms with Gasteiger partial charge in [0.25, 0.3) is 0 Å². The minimum atomic E-state index is 0.518. The fourth-order valence-corrected chi connectivity index (χ4v) is 1.82. The van der Waals surface area contributed by atoms with E-state index in [1.165, 1.54) is 6.39 Å². The monoisotopic (exact) mass is 255 g/mol. The SMILES string of the molecule is Cc1ccc(-c2nnco2)cc1NCc1ccn[nH]1. The molecule has 0 aliphatic heterocycles. The lowest BCUT2D eigenvalue weighted by Gasteiger charge is -2.09. The minimum absolute atomic E-state index is 0.518. The number of rotatable bonds is 4. The summed E-state index contributed by atoms with van der Waals surface area (Å²) in [7, 11) is 0. The lowest BCUT2D eigenvalue weighted by atomic mass is 10.1. The van der Waals surface area contributed by atoms with Crippen molar-refractivity contribution in [2.75, 3.05) is 5.32 Å². The van der Waals surface area contributed by atoms with E-state index in [0.29, 0.717) is 12.4 Å². The molecule has 0 aliphatic rings. The van der Waals surface area contributed by atoms with Crippen molar-refractivity contribution in [1.29, 1.82) is 0 Å². The van der Waals surface area contributed by atoms with Gasteiger partial charge in [0.15, 0.2) is 0 Å². The van der Waals surface area contributed by atoms with E-state index in [0.717, 1.165) is 22.5 Å². The Morgan fingerprint density at radius 1 is 1.32 bits per heavy atom. The van der Waals surface area contributed by atoms with Gasteiger partial charge in [-0.25, -0.2) is 0 Å². The smallest absolute Gasteiger partial charge is 0.247 e. The number of hydrogen-bond donors (Lipinski definition) is 2. The van der Waals surface area contributed by atoms with Crippen molar-refractivity contribution in [2.24, 2.45) is 0 Å². The van der Waals surface area contributed by atoms with E-state index < -0.39 is 0 Å². The molecule has 0 saturated heterocycles. The highest BCUT2D eigenvalue weighted by molar-refractivity contribution is 5.64. The molecule has 0 amide bonds. The Morgan fingerprint density at radius 2 is 2.26 bits per heavy atom. The third-order valence-corrected chi connectivity index (χ3v) is 2.87. The zero-order valence-electron chi connectivity index (χ0n) is 10.4. The molecular weight excluding hydrogens is 242 g/mol. The number of aryl methyl sites for hydroxylation is 1. The van der Waals surface area contributed by atoms with Crippen LogP contribution in [0.25, 0.3) is 11.5 Å². The van der Waals surface area contributed by atoms with Crippen LogP contribution in [-0.4, -0.2) is 20.4 Å². The van der Waals surface area contributed by atoms with Gasteiger partial charge in [-0.1, -0.05) is 6.07 Å². The second kappa shape index (κ2) is 4.93. The first-order valence-electron chi connectivity index (χ1n) is 5.92. The second-order valence-corrected chi connectivity index (χ2v) is 4.21. The molecule has 2 N–H and O–H groups in total. The quantitative estimate of drug-likeness (QED) is 0.748. The molecule has 3 aromatic rings. The van der Waals surface area contributed by atoms with Gasteiger partial charge in [-0.2, -0.15) is 5.10 Å². The Kier molecular flexibility index (Phi) is 2.97. The summed E-state index contributed by atoms with van der Waals surface area (Å²) in [5.74, 6) is 0.518. The van der Waals surface area contributed by atoms with Crippen LogP contribution in [0.2, 0.25) is 0 Å². The van der Waals surface area contributed by atoms with Crippen LogP contribution in [-0.2, 0) is 6.54 Å². The third-order valence-electron chi connectivity index (χ3n) is 2.87. The molecule has 2 heterocycles. The van der Waals surface area contributed by atoms with Crippen molar-refractivity contribution in [3.63, 3.8) is 0 Å². The number of aromatic amines is 1. The maximum absolute atomic E-state index is 5.20. The Bertz CT molecular complexity index is 646. The van der Waals surface area contributed by atoms with Crippen LogP contribution in [0.4, 0.5) is 5.69 Å². The van der Waals surface area contributed by atoms with Crippen LogP contribution in [0, 0.1) is 6.92 Å². The molecule has 0 aliphatic carbocycles. The minimum Gasteiger partial charge on any atom is -0.423 e. The van der Waals surface area contributed by atoms with Crippen LogP contribution in [0.5, 0.6) is 0 Å². The Balaban J connectivity index is 1.82. The summed E-state index contributed by atoms with van der Waals surface area (Å²) in [5.41, 5.74) is 4.12. The van der Waals surface area contributed by atoms with Gasteiger partial charge in [0.1, 0.15) is 0 Å². The van der Waals surface area contributed by atoms with Crippen molar-refractivity contribution in [3.05, 3.63) is 48.1 Å². The average Bonchev–Trinajstić information content (AvgIpc) is 3.11. The Labute approximate surface area is 109 Å². The van der Waals surface area contributed by atoms with Gasteiger partial charge in [0.2, 0.25) is 12.3 Å². The second-order valence-electron chi connectivity index (χ2n) is 4.21. The standard InChI is InChI=1S/C13H13N5O/c1-9-2-3-10(13-18-16-8-19-13)6-12(9)14-7-11-4-5-15-17-11/h2-6,8,14H,7H2,1H3,(H,15,17). The number of anilines is 1. The van der Waals surface area contributed by atoms with Gasteiger partial charge in [-0.05, 0) is 30.7 Å². The molecule has 96 valence electrons. The zero-order valence-corrected chi connectivity index (χ0v) is 10.4. The molecule has 0 bridgehead atoms. The van der Waals surface area contributed by atoms with E-state index in [2.05, 4.69) is 25.7 Å². The molecule has 2 aromatic heterocycles. The summed E-state index contributed by atoms with van der Waals surface area (Å²) in [6.45, 7) is 2.74. The molecule has 0 atom stereocenters. The normalized spacial score (nSPS) is 10.6. The Morgan fingerprint density at radius 3 is 3.00 bits per heavy atom. The fraction of sp³-hybridized carbons (Fsp3) is 0.154. The van der Waals surface area contributed by atoms with Gasteiger partial charge in [0.05, 0.1) is 12.2 Å². The topological polar surface area (TPSA) is 79.6 Å². The van der Waals surface area contributed by atoms with E-state index in [4.69, 9.17) is 4.42 Å². The molecule has 0 unspecified atom stereocenters. The molecule has 6 heteroatoms. The molecular formula is C13H13N5O. The lowest BCUT2D eigenvalue weighted by molar-refractivity contribution is 0.568. The van der Waals surface area contributed by atoms with Gasteiger partial charge in [0, 0.05) is 17.4 Å². The average molecular weight is 255 g/mol. The lowest BCUT2D eigenvalue weighted by Crippen LogP contribution is -2.01. The predicted molar refractivity (Wildman–Crippen MR) is 70.4 cm³/mol. The molecule has 3 rings (SSSR count). The molecule has 6 nitrogen and oxygen atoms in total. The highest BCUT2D eigenvalue weighted by atomic mass is 16.4. The fourth-order valence-electron chi connectivity index (χ4n) is 1.82. The zero-order chi connectivity index (χ0) is 13.1. The van der Waals surface area contributed by atoms with Crippen molar-refractivity contribution in [3.8, 4) is 11.5 Å². The largest absolute Gasteiger partial charge is 0.423 e. The van der Waals surface area contributed by atoms with Gasteiger partial charge >= 0.3 is 0 Å². The van der Waals surface area contributed by atoms with Crippen LogP contribution in [0.1, 0.15) is 11.3 Å². The number of aromatic nitrogens is 4. The highest BCUT2D eigenvalue weighted by Gasteiger charge is 2.06. The van der Waals surface area contributed by atoms with E-state index in [-0.39, 0.29) is 0 Å². The first kappa shape index (κ1) is 11.5. The predicted octanol–water partition coefficient (Wildman–Crippen LogP) is 2.38. The van der Waals surface area contributed by atoms with E-state index in [9.17, 15) is 0 Å². The number of nitrogens with zero attached hydrogens (tertiary/aromatic N) is 3. The number of hydrogen-bond acceptors (Lipinski definition) is 5. The van der Waals surface area contributed by atoms with Crippen LogP contribution in [0.15, 0.2) is 41.3 Å². The number of benzene rings is 1. The van der Waals surface area contributed by atoms with Crippen LogP contribution < -0.4 is 5.32 Å². The maximum atomic E-state index is 5.20. The van der Waals surface area contributed by atoms with Crippen molar-refractivity contribution < 1.29 is 4.42 Å². The summed E-state index contributed by atoms with van der Waals surface area (Å²) >= 11 is 0. The molecule has 0 fully saturated rings. The van der Waals surface area contributed by atoms with Crippen molar-refractivity contribution in [1.82, 2.24) is 20.4 Å². The molecule has 0 radical (unpaired) electrons. The van der Waals surface area contributed by atoms with Crippen LogP contribution >= 0.6 is 0 Å². The van der Waals surface area contributed by atoms with Crippen LogP contribution in [0.3, 0.4) is 0 Å². The number of H-pyrrole nitrogens is 1. The third kappa shape index (κ3) is 2.47. The molecule has 1 aromatic carbocycles. The first-order chi connectivity index (χ1) is 9.33. The molecule has 0 saturated carbocycles. The summed E-state index contributed by atoms with van der Waals surface area (Å²) in [6.07, 6.45) is 3.06. The highest BCUT2D eigenvalue weighted by Crippen LogP contribution is 2.24. The summed E-state index contributed by atoms with van der Waals surface area (Å²) in [5, 5.41) is 17.8. The summed E-state index contributed by atoms with van der Waals surface area (Å²) in [6, 6.07) is 7.92. The van der Waals surface area contributed by atoms with E-state index in [1.54, 1.807) is 6.20 Å². The van der Waals surface area contributed by atoms with E-state index in [1.807, 2.05) is 31.2 Å². The van der Waals surface area contributed by atoms with Gasteiger partial charge in [-0.3, -0.25) is 5.10 Å². The molecule has 0 spiro atoms. The maximum Gasteiger partial charge on any atom is 0.247 e. The van der Waals surface area contributed by atoms with E-state index >= 15 is 0 Å². The summed E-state index contributed by atoms with van der Waals surface area (Å²) in [4.78, 5) is 0. The number of nitrogens with one attached hydrogen (secondary N) is 2. The van der Waals surface area contributed by atoms with Crippen molar-refractivity contribution in [2.45, 2.75) is 13.5 Å². The first-order valence-corrected chi connectivity index (χ1v) is 5.92. The van der Waals surface area contributed by atoms with Crippen molar-refractivity contribution >= 4 is 5.69 Å². The summed E-state index contributed by atoms with van der Waals surface area (Å²) < 4.78 is 5.20. The Hall–Kier alpha value is -2.63.